The summed E-state index contributed by atoms with van der Waals surface area (Å²) in [6.45, 7) is 0.643. The molecule has 1 aliphatic rings. The molecule has 1 saturated heterocycles. The lowest BCUT2D eigenvalue weighted by atomic mass is 10.0. The van der Waals surface area contributed by atoms with Crippen LogP contribution in [0.3, 0.4) is 0 Å². The Labute approximate surface area is 246 Å². The van der Waals surface area contributed by atoms with Crippen molar-refractivity contribution in [1.29, 1.82) is 0 Å². The summed E-state index contributed by atoms with van der Waals surface area (Å²) in [4.78, 5) is 17.3. The number of methoxy groups -OCH3 is 1. The first-order valence-corrected chi connectivity index (χ1v) is 13.7. The second kappa shape index (κ2) is 12.5. The summed E-state index contributed by atoms with van der Waals surface area (Å²) < 4.78 is 60.5. The summed E-state index contributed by atoms with van der Waals surface area (Å²) >= 11 is 0. The van der Waals surface area contributed by atoms with Gasteiger partial charge in [-0.05, 0) is 50.7 Å². The minimum Gasteiger partial charge on any atom is -0.496 e. The number of hydrogen-bond acceptors (Lipinski definition) is 9. The van der Waals surface area contributed by atoms with Crippen LogP contribution in [0.5, 0.6) is 5.75 Å². The predicted molar refractivity (Wildman–Crippen MR) is 156 cm³/mol. The first-order chi connectivity index (χ1) is 20.5. The summed E-state index contributed by atoms with van der Waals surface area (Å²) in [6.07, 6.45) is 3.20. The maximum Gasteiger partial charge on any atom is 0.408 e. The molecule has 0 amide bonds. The van der Waals surface area contributed by atoms with E-state index in [0.717, 1.165) is 35.3 Å². The third-order valence-corrected chi connectivity index (χ3v) is 6.93. The van der Waals surface area contributed by atoms with Crippen LogP contribution in [0.1, 0.15) is 18.4 Å². The monoisotopic (exact) mass is 599 g/mol. The Morgan fingerprint density at radius 1 is 1.14 bits per heavy atom. The number of anilines is 3. The minimum absolute atomic E-state index is 0.0439. The number of hydrogen-bond donors (Lipinski definition) is 2. The van der Waals surface area contributed by atoms with Crippen molar-refractivity contribution >= 4 is 17.3 Å². The lowest BCUT2D eigenvalue weighted by molar-refractivity contribution is -0.142. The van der Waals surface area contributed by atoms with Gasteiger partial charge in [0.15, 0.2) is 5.82 Å². The van der Waals surface area contributed by atoms with Gasteiger partial charge in [-0.1, -0.05) is 0 Å². The topological polar surface area (TPSA) is 110 Å². The van der Waals surface area contributed by atoms with Crippen molar-refractivity contribution < 1.29 is 22.3 Å². The Balaban J connectivity index is 1.47. The molecule has 0 unspecified atom stereocenters. The predicted octanol–water partition coefficient (Wildman–Crippen LogP) is 4.84. The van der Waals surface area contributed by atoms with Crippen LogP contribution < -0.4 is 20.7 Å². The number of ether oxygens (including phenoxy) is 1. The average molecular weight is 600 g/mol. The van der Waals surface area contributed by atoms with Gasteiger partial charge in [0.1, 0.15) is 29.7 Å². The quantitative estimate of drug-likeness (QED) is 0.261. The second-order valence-electron chi connectivity index (χ2n) is 10.8. The van der Waals surface area contributed by atoms with E-state index in [1.807, 2.05) is 19.0 Å². The second-order valence-corrected chi connectivity index (χ2v) is 10.8. The van der Waals surface area contributed by atoms with Gasteiger partial charge in [-0.25, -0.2) is 19.3 Å². The standard InChI is InChI=1S/C29H33F4N9O/c1-40(2)14-18-9-22(30)27(24(10-18)43-3)28-35-7-6-25(39-28)38-26-11-23(41-8-4-5-20(34)16-41)21(13-36-26)19-12-37-42(15-19)17-29(31,32)33/h6-7,9-13,15,20H,4-5,8,14,16-17,34H2,1-3H3,(H,35,36,38,39)/t20-/m0/s1. The molecule has 4 heterocycles. The molecule has 5 rings (SSSR count). The van der Waals surface area contributed by atoms with Crippen molar-refractivity contribution in [3.8, 4) is 28.3 Å². The van der Waals surface area contributed by atoms with Crippen LogP contribution in [0.15, 0.2) is 49.1 Å². The molecule has 228 valence electrons. The highest BCUT2D eigenvalue weighted by Gasteiger charge is 2.29. The van der Waals surface area contributed by atoms with Gasteiger partial charge in [-0.3, -0.25) is 4.68 Å². The van der Waals surface area contributed by atoms with Crippen molar-refractivity contribution in [2.75, 3.05) is 44.5 Å². The number of piperidine rings is 1. The number of nitrogens with one attached hydrogen (secondary N) is 1. The number of nitrogens with two attached hydrogens (primary N) is 1. The zero-order valence-electron chi connectivity index (χ0n) is 24.1. The zero-order valence-corrected chi connectivity index (χ0v) is 24.1. The number of aromatic nitrogens is 5. The molecular formula is C29H33F4N9O. The Hall–Kier alpha value is -4.30. The van der Waals surface area contributed by atoms with Crippen LogP contribution in [0, 0.1) is 5.82 Å². The van der Waals surface area contributed by atoms with Gasteiger partial charge in [0.05, 0.1) is 18.9 Å². The minimum atomic E-state index is -4.39. The zero-order chi connectivity index (χ0) is 30.7. The van der Waals surface area contributed by atoms with E-state index in [9.17, 15) is 13.2 Å². The van der Waals surface area contributed by atoms with E-state index in [4.69, 9.17) is 10.5 Å². The number of alkyl halides is 3. The third kappa shape index (κ3) is 7.38. The normalized spacial score (nSPS) is 15.7. The molecule has 3 aromatic heterocycles. The van der Waals surface area contributed by atoms with Gasteiger partial charge < -0.3 is 25.6 Å². The molecule has 10 nitrogen and oxygen atoms in total. The van der Waals surface area contributed by atoms with Crippen molar-refractivity contribution in [2.45, 2.75) is 38.1 Å². The molecule has 1 atom stereocenters. The highest BCUT2D eigenvalue weighted by molar-refractivity contribution is 5.80. The van der Waals surface area contributed by atoms with Gasteiger partial charge in [0.2, 0.25) is 0 Å². The Morgan fingerprint density at radius 3 is 2.67 bits per heavy atom. The number of rotatable bonds is 9. The number of benzene rings is 1. The molecule has 0 saturated carbocycles. The fourth-order valence-electron chi connectivity index (χ4n) is 5.15. The molecule has 0 radical (unpaired) electrons. The number of pyridine rings is 1. The Morgan fingerprint density at radius 2 is 1.95 bits per heavy atom. The average Bonchev–Trinajstić information content (AvgIpc) is 3.39. The van der Waals surface area contributed by atoms with Gasteiger partial charge in [0.25, 0.3) is 0 Å². The van der Waals surface area contributed by atoms with Gasteiger partial charge in [0, 0.05) is 67.1 Å². The van der Waals surface area contributed by atoms with Crippen LogP contribution in [0.4, 0.5) is 34.9 Å². The molecule has 0 aliphatic carbocycles. The fourth-order valence-corrected chi connectivity index (χ4v) is 5.15. The lowest BCUT2D eigenvalue weighted by Crippen LogP contribution is -2.43. The van der Waals surface area contributed by atoms with Crippen LogP contribution in [0.25, 0.3) is 22.5 Å². The summed E-state index contributed by atoms with van der Waals surface area (Å²) in [5.41, 5.74) is 9.01. The third-order valence-electron chi connectivity index (χ3n) is 6.93. The SMILES string of the molecule is COc1cc(CN(C)C)cc(F)c1-c1nccc(Nc2cc(N3CCC[C@H](N)C3)c(-c3cnn(CC(F)(F)F)c3)cn2)n1. The molecule has 3 N–H and O–H groups in total. The maximum absolute atomic E-state index is 15.3. The summed E-state index contributed by atoms with van der Waals surface area (Å²) in [5, 5.41) is 7.05. The molecule has 14 heteroatoms. The van der Waals surface area contributed by atoms with Crippen LogP contribution in [-0.2, 0) is 13.1 Å². The van der Waals surface area contributed by atoms with E-state index in [2.05, 4.69) is 30.3 Å². The molecule has 4 aromatic rings. The van der Waals surface area contributed by atoms with E-state index < -0.39 is 18.5 Å². The first-order valence-electron chi connectivity index (χ1n) is 13.7. The number of nitrogens with zero attached hydrogens (tertiary/aromatic N) is 7. The van der Waals surface area contributed by atoms with Crippen molar-refractivity contribution in [2.24, 2.45) is 5.73 Å². The van der Waals surface area contributed by atoms with Gasteiger partial charge >= 0.3 is 6.18 Å². The van der Waals surface area contributed by atoms with Crippen molar-refractivity contribution in [3.05, 3.63) is 60.4 Å². The molecular weight excluding hydrogens is 566 g/mol. The first kappa shape index (κ1) is 30.2. The largest absolute Gasteiger partial charge is 0.496 e. The van der Waals surface area contributed by atoms with E-state index in [0.29, 0.717) is 41.6 Å². The van der Waals surface area contributed by atoms with E-state index >= 15 is 4.39 Å². The van der Waals surface area contributed by atoms with E-state index in [1.54, 1.807) is 24.4 Å². The van der Waals surface area contributed by atoms with Crippen molar-refractivity contribution in [1.82, 2.24) is 29.6 Å². The fraction of sp³-hybridized carbons (Fsp3) is 0.379. The molecule has 0 spiro atoms. The molecule has 1 aromatic carbocycles. The summed E-state index contributed by atoms with van der Waals surface area (Å²) in [5.74, 6) is 0.728. The highest BCUT2D eigenvalue weighted by Crippen LogP contribution is 2.36. The molecule has 0 bridgehead atoms. The molecule has 43 heavy (non-hydrogen) atoms. The lowest BCUT2D eigenvalue weighted by Gasteiger charge is -2.34. The molecule has 1 fully saturated rings. The van der Waals surface area contributed by atoms with E-state index in [-0.39, 0.29) is 17.4 Å². The summed E-state index contributed by atoms with van der Waals surface area (Å²) in [6, 6.07) is 6.58. The highest BCUT2D eigenvalue weighted by atomic mass is 19.4. The van der Waals surface area contributed by atoms with Crippen LogP contribution in [-0.4, -0.2) is 76.1 Å². The van der Waals surface area contributed by atoms with Crippen LogP contribution in [0.2, 0.25) is 0 Å². The van der Waals surface area contributed by atoms with Gasteiger partial charge in [-0.2, -0.15) is 18.3 Å². The van der Waals surface area contributed by atoms with E-state index in [1.165, 1.54) is 31.8 Å². The number of halogens is 4. The smallest absolute Gasteiger partial charge is 0.408 e. The Kier molecular flexibility index (Phi) is 8.78. The van der Waals surface area contributed by atoms with Crippen molar-refractivity contribution in [3.63, 3.8) is 0 Å². The Bertz CT molecular complexity index is 1570. The van der Waals surface area contributed by atoms with Gasteiger partial charge in [-0.15, -0.1) is 0 Å². The molecule has 1 aliphatic heterocycles. The van der Waals surface area contributed by atoms with Crippen LogP contribution >= 0.6 is 0 Å². The summed E-state index contributed by atoms with van der Waals surface area (Å²) in [7, 11) is 5.25. The maximum atomic E-state index is 15.3.